The molecule has 4 heteroatoms. The molecule has 0 aliphatic carbocycles. The van der Waals surface area contributed by atoms with Crippen LogP contribution in [-0.2, 0) is 11.9 Å². The maximum atomic E-state index is 13.4. The third kappa shape index (κ3) is 3.20. The van der Waals surface area contributed by atoms with Crippen molar-refractivity contribution in [3.63, 3.8) is 0 Å². The van der Waals surface area contributed by atoms with Crippen LogP contribution in [0.25, 0.3) is 22.3 Å². The van der Waals surface area contributed by atoms with Crippen molar-refractivity contribution in [1.82, 2.24) is 0 Å². The molecule has 24 heavy (non-hydrogen) atoms. The van der Waals surface area contributed by atoms with E-state index in [0.717, 1.165) is 22.8 Å². The van der Waals surface area contributed by atoms with Gasteiger partial charge in [-0.3, -0.25) is 0 Å². The second-order valence-electron chi connectivity index (χ2n) is 5.40. The fourth-order valence-electron chi connectivity index (χ4n) is 2.87. The summed E-state index contributed by atoms with van der Waals surface area (Å²) >= 11 is 4.19. The molecule has 0 aliphatic heterocycles. The minimum Gasteiger partial charge on any atom is -0.175 e. The molecule has 0 N–H and O–H groups in total. The van der Waals surface area contributed by atoms with Crippen LogP contribution in [0.3, 0.4) is 0 Å². The SMILES string of the molecule is FC(F)(F)c1ccc(-c2ccccc2)c(-c2ccccc2)c1CS. The zero-order chi connectivity index (χ0) is 17.2. The summed E-state index contributed by atoms with van der Waals surface area (Å²) in [7, 11) is 0. The summed E-state index contributed by atoms with van der Waals surface area (Å²) < 4.78 is 40.3. The molecule has 0 aromatic heterocycles. The Morgan fingerprint density at radius 2 is 1.25 bits per heavy atom. The first-order valence-corrected chi connectivity index (χ1v) is 8.10. The van der Waals surface area contributed by atoms with Crippen LogP contribution >= 0.6 is 12.6 Å². The van der Waals surface area contributed by atoms with E-state index in [1.54, 1.807) is 6.07 Å². The molecule has 0 unspecified atom stereocenters. The van der Waals surface area contributed by atoms with Crippen molar-refractivity contribution < 1.29 is 13.2 Å². The van der Waals surface area contributed by atoms with Gasteiger partial charge in [-0.05, 0) is 33.9 Å². The van der Waals surface area contributed by atoms with Gasteiger partial charge in [0.25, 0.3) is 0 Å². The van der Waals surface area contributed by atoms with Crippen molar-refractivity contribution in [1.29, 1.82) is 0 Å². The average Bonchev–Trinajstić information content (AvgIpc) is 2.61. The predicted molar refractivity (Wildman–Crippen MR) is 95.0 cm³/mol. The topological polar surface area (TPSA) is 0 Å². The Morgan fingerprint density at radius 3 is 1.75 bits per heavy atom. The third-order valence-corrected chi connectivity index (χ3v) is 4.24. The van der Waals surface area contributed by atoms with Crippen molar-refractivity contribution in [2.24, 2.45) is 0 Å². The normalized spacial score (nSPS) is 11.5. The lowest BCUT2D eigenvalue weighted by atomic mass is 9.88. The van der Waals surface area contributed by atoms with E-state index < -0.39 is 11.7 Å². The van der Waals surface area contributed by atoms with Crippen molar-refractivity contribution in [2.75, 3.05) is 0 Å². The van der Waals surface area contributed by atoms with Gasteiger partial charge in [0, 0.05) is 5.75 Å². The molecule has 0 bridgehead atoms. The number of rotatable bonds is 3. The lowest BCUT2D eigenvalue weighted by molar-refractivity contribution is -0.138. The largest absolute Gasteiger partial charge is 0.416 e. The Bertz CT molecular complexity index is 825. The molecule has 0 amide bonds. The number of thiol groups is 1. The third-order valence-electron chi connectivity index (χ3n) is 3.92. The van der Waals surface area contributed by atoms with Gasteiger partial charge in [0.05, 0.1) is 5.56 Å². The molecule has 3 aromatic carbocycles. The van der Waals surface area contributed by atoms with E-state index in [9.17, 15) is 13.2 Å². The summed E-state index contributed by atoms with van der Waals surface area (Å²) in [5, 5.41) is 0. The van der Waals surface area contributed by atoms with E-state index in [2.05, 4.69) is 12.6 Å². The first kappa shape index (κ1) is 16.7. The van der Waals surface area contributed by atoms with Gasteiger partial charge in [0.2, 0.25) is 0 Å². The molecule has 0 aliphatic rings. The first-order chi connectivity index (χ1) is 11.5. The lowest BCUT2D eigenvalue weighted by Gasteiger charge is -2.20. The smallest absolute Gasteiger partial charge is 0.175 e. The fourth-order valence-corrected chi connectivity index (χ4v) is 3.20. The van der Waals surface area contributed by atoms with Gasteiger partial charge >= 0.3 is 6.18 Å². The van der Waals surface area contributed by atoms with Gasteiger partial charge in [-0.2, -0.15) is 25.8 Å². The zero-order valence-corrected chi connectivity index (χ0v) is 13.6. The first-order valence-electron chi connectivity index (χ1n) is 7.47. The van der Waals surface area contributed by atoms with Crippen LogP contribution in [0, 0.1) is 0 Å². The van der Waals surface area contributed by atoms with E-state index in [0.29, 0.717) is 5.56 Å². The fraction of sp³-hybridized carbons (Fsp3) is 0.100. The summed E-state index contributed by atoms with van der Waals surface area (Å²) in [6, 6.07) is 21.3. The highest BCUT2D eigenvalue weighted by molar-refractivity contribution is 7.79. The zero-order valence-electron chi connectivity index (χ0n) is 12.7. The van der Waals surface area contributed by atoms with Gasteiger partial charge < -0.3 is 0 Å². The number of hydrogen-bond donors (Lipinski definition) is 1. The number of halogens is 3. The summed E-state index contributed by atoms with van der Waals surface area (Å²) in [4.78, 5) is 0. The van der Waals surface area contributed by atoms with E-state index in [1.807, 2.05) is 60.7 Å². The maximum absolute atomic E-state index is 13.4. The van der Waals surface area contributed by atoms with Crippen LogP contribution in [0.4, 0.5) is 13.2 Å². The van der Waals surface area contributed by atoms with E-state index in [1.165, 1.54) is 0 Å². The van der Waals surface area contributed by atoms with E-state index >= 15 is 0 Å². The lowest BCUT2D eigenvalue weighted by Crippen LogP contribution is -2.10. The monoisotopic (exact) mass is 344 g/mol. The maximum Gasteiger partial charge on any atom is 0.416 e. The molecule has 0 saturated heterocycles. The van der Waals surface area contributed by atoms with Crippen LogP contribution in [0.2, 0.25) is 0 Å². The molecule has 0 atom stereocenters. The quantitative estimate of drug-likeness (QED) is 0.517. The second kappa shape index (κ2) is 6.73. The molecule has 0 nitrogen and oxygen atoms in total. The van der Waals surface area contributed by atoms with Crippen molar-refractivity contribution in [3.8, 4) is 22.3 Å². The van der Waals surface area contributed by atoms with Gasteiger partial charge in [-0.1, -0.05) is 66.7 Å². The summed E-state index contributed by atoms with van der Waals surface area (Å²) in [6.45, 7) is 0. The number of alkyl halides is 3. The second-order valence-corrected chi connectivity index (χ2v) is 5.72. The van der Waals surface area contributed by atoms with Crippen molar-refractivity contribution >= 4 is 12.6 Å². The van der Waals surface area contributed by atoms with E-state index in [-0.39, 0.29) is 11.3 Å². The van der Waals surface area contributed by atoms with Crippen LogP contribution in [0.5, 0.6) is 0 Å². The van der Waals surface area contributed by atoms with Gasteiger partial charge in [0.1, 0.15) is 0 Å². The summed E-state index contributed by atoms with van der Waals surface area (Å²) in [5.41, 5.74) is 2.58. The molecular formula is C20H15F3S. The standard InChI is InChI=1S/C20H15F3S/c21-20(22,23)18-12-11-16(14-7-3-1-4-8-14)19(17(18)13-24)15-9-5-2-6-10-15/h1-12,24H,13H2. The molecule has 0 spiro atoms. The summed E-state index contributed by atoms with van der Waals surface area (Å²) in [5.74, 6) is 0.0136. The van der Waals surface area contributed by atoms with Crippen LogP contribution in [0.1, 0.15) is 11.1 Å². The summed E-state index contributed by atoms with van der Waals surface area (Å²) in [6.07, 6.45) is -4.41. The molecule has 0 heterocycles. The Labute approximate surface area is 144 Å². The van der Waals surface area contributed by atoms with E-state index in [4.69, 9.17) is 0 Å². The van der Waals surface area contributed by atoms with Crippen LogP contribution in [-0.4, -0.2) is 0 Å². The molecule has 0 fully saturated rings. The van der Waals surface area contributed by atoms with Gasteiger partial charge in [-0.25, -0.2) is 0 Å². The molecule has 0 radical (unpaired) electrons. The van der Waals surface area contributed by atoms with Crippen molar-refractivity contribution in [2.45, 2.75) is 11.9 Å². The Kier molecular flexibility index (Phi) is 4.67. The molecular weight excluding hydrogens is 329 g/mol. The average molecular weight is 344 g/mol. The minimum atomic E-state index is -4.41. The molecule has 0 saturated carbocycles. The van der Waals surface area contributed by atoms with Crippen LogP contribution in [0.15, 0.2) is 72.8 Å². The highest BCUT2D eigenvalue weighted by Crippen LogP contribution is 2.42. The highest BCUT2D eigenvalue weighted by atomic mass is 32.1. The minimum absolute atomic E-state index is 0.0136. The number of benzene rings is 3. The Hall–Kier alpha value is -2.20. The molecule has 122 valence electrons. The van der Waals surface area contributed by atoms with Gasteiger partial charge in [0.15, 0.2) is 0 Å². The van der Waals surface area contributed by atoms with Crippen LogP contribution < -0.4 is 0 Å². The Morgan fingerprint density at radius 1 is 0.708 bits per heavy atom. The Balaban J connectivity index is 2.36. The van der Waals surface area contributed by atoms with Gasteiger partial charge in [-0.15, -0.1) is 0 Å². The predicted octanol–water partition coefficient (Wildman–Crippen LogP) is 6.47. The molecule has 3 rings (SSSR count). The number of hydrogen-bond acceptors (Lipinski definition) is 1. The molecule has 3 aromatic rings. The highest BCUT2D eigenvalue weighted by Gasteiger charge is 2.34. The van der Waals surface area contributed by atoms with Crippen molar-refractivity contribution in [3.05, 3.63) is 83.9 Å².